The van der Waals surface area contributed by atoms with Gasteiger partial charge in [-0.25, -0.2) is 4.98 Å². The van der Waals surface area contributed by atoms with Crippen LogP contribution in [-0.2, 0) is 13.5 Å². The summed E-state index contributed by atoms with van der Waals surface area (Å²) in [6.45, 7) is 0.591. The summed E-state index contributed by atoms with van der Waals surface area (Å²) in [6.07, 6.45) is 4.31. The van der Waals surface area contributed by atoms with Gasteiger partial charge in [-0.05, 0) is 12.1 Å². The van der Waals surface area contributed by atoms with Gasteiger partial charge in [-0.1, -0.05) is 15.9 Å². The van der Waals surface area contributed by atoms with Gasteiger partial charge in [-0.2, -0.15) is 0 Å². The van der Waals surface area contributed by atoms with E-state index in [0.717, 1.165) is 5.82 Å². The van der Waals surface area contributed by atoms with E-state index < -0.39 is 4.92 Å². The molecule has 2 rings (SSSR count). The fraction of sp³-hybridized carbons (Fsp3) is 0.250. The molecule has 6 nitrogen and oxygen atoms in total. The van der Waals surface area contributed by atoms with Crippen molar-refractivity contribution in [3.8, 4) is 0 Å². The third-order valence-electron chi connectivity index (χ3n) is 2.74. The zero-order valence-corrected chi connectivity index (χ0v) is 11.9. The second kappa shape index (κ2) is 5.83. The molecule has 0 fully saturated rings. The molecule has 1 aromatic carbocycles. The number of aromatic nitrogens is 2. The molecule has 0 saturated carbocycles. The van der Waals surface area contributed by atoms with Crippen LogP contribution in [0.4, 0.5) is 11.4 Å². The highest BCUT2D eigenvalue weighted by molar-refractivity contribution is 9.10. The van der Waals surface area contributed by atoms with Crippen molar-refractivity contribution in [2.24, 2.45) is 7.05 Å². The lowest BCUT2D eigenvalue weighted by molar-refractivity contribution is -0.384. The Morgan fingerprint density at radius 1 is 1.53 bits per heavy atom. The molecule has 1 N–H and O–H groups in total. The molecular weight excluding hydrogens is 312 g/mol. The number of nitro benzene ring substituents is 1. The highest BCUT2D eigenvalue weighted by Crippen LogP contribution is 2.27. The van der Waals surface area contributed by atoms with E-state index in [-0.39, 0.29) is 5.69 Å². The van der Waals surface area contributed by atoms with Crippen LogP contribution in [0.1, 0.15) is 5.82 Å². The van der Waals surface area contributed by atoms with Crippen LogP contribution in [0.5, 0.6) is 0 Å². The molecule has 1 heterocycles. The number of anilines is 1. The van der Waals surface area contributed by atoms with E-state index in [0.29, 0.717) is 23.1 Å². The van der Waals surface area contributed by atoms with Crippen LogP contribution in [0.15, 0.2) is 35.1 Å². The predicted molar refractivity (Wildman–Crippen MR) is 76.2 cm³/mol. The molecule has 0 radical (unpaired) electrons. The highest BCUT2D eigenvalue weighted by Gasteiger charge is 2.13. The first-order valence-corrected chi connectivity index (χ1v) is 6.51. The van der Waals surface area contributed by atoms with E-state index in [1.54, 1.807) is 18.3 Å². The van der Waals surface area contributed by atoms with Crippen molar-refractivity contribution in [1.82, 2.24) is 9.55 Å². The van der Waals surface area contributed by atoms with Crippen LogP contribution < -0.4 is 5.32 Å². The molecule has 0 bridgehead atoms. The Labute approximate surface area is 118 Å². The minimum absolute atomic E-state index is 0.0641. The molecule has 0 aliphatic carbocycles. The Morgan fingerprint density at radius 2 is 2.32 bits per heavy atom. The van der Waals surface area contributed by atoms with Crippen molar-refractivity contribution in [2.45, 2.75) is 6.42 Å². The lowest BCUT2D eigenvalue weighted by atomic mass is 10.2. The zero-order valence-electron chi connectivity index (χ0n) is 10.3. The van der Waals surface area contributed by atoms with Crippen LogP contribution in [0.25, 0.3) is 0 Å². The van der Waals surface area contributed by atoms with Crippen LogP contribution in [0.2, 0.25) is 0 Å². The number of hydrogen-bond acceptors (Lipinski definition) is 4. The average Bonchev–Trinajstić information content (AvgIpc) is 2.77. The average molecular weight is 325 g/mol. The summed E-state index contributed by atoms with van der Waals surface area (Å²) in [5.74, 6) is 0.937. The summed E-state index contributed by atoms with van der Waals surface area (Å²) in [4.78, 5) is 14.8. The molecule has 0 unspecified atom stereocenters. The van der Waals surface area contributed by atoms with Gasteiger partial charge in [0.2, 0.25) is 0 Å². The molecule has 7 heteroatoms. The van der Waals surface area contributed by atoms with Gasteiger partial charge in [0.25, 0.3) is 5.69 Å². The third-order valence-corrected chi connectivity index (χ3v) is 3.23. The quantitative estimate of drug-likeness (QED) is 0.678. The topological polar surface area (TPSA) is 73.0 Å². The standard InChI is InChI=1S/C12H13BrN4O2/c1-16-7-6-15-12(16)4-5-14-10-3-2-9(13)8-11(10)17(18)19/h2-3,6-8,14H,4-5H2,1H3. The predicted octanol–water partition coefficient (Wildman–Crippen LogP) is 2.75. The molecule has 2 aromatic rings. The number of nitrogens with zero attached hydrogens (tertiary/aromatic N) is 3. The third kappa shape index (κ3) is 3.31. The van der Waals surface area contributed by atoms with E-state index in [9.17, 15) is 10.1 Å². The van der Waals surface area contributed by atoms with Crippen LogP contribution in [0, 0.1) is 10.1 Å². The van der Waals surface area contributed by atoms with Crippen molar-refractivity contribution >= 4 is 27.3 Å². The molecule has 0 aliphatic rings. The van der Waals surface area contributed by atoms with E-state index in [1.165, 1.54) is 6.07 Å². The van der Waals surface area contributed by atoms with Crippen molar-refractivity contribution < 1.29 is 4.92 Å². The van der Waals surface area contributed by atoms with Gasteiger partial charge in [0.15, 0.2) is 0 Å². The minimum atomic E-state index is -0.395. The van der Waals surface area contributed by atoms with Gasteiger partial charge < -0.3 is 9.88 Å². The van der Waals surface area contributed by atoms with E-state index in [4.69, 9.17) is 0 Å². The van der Waals surface area contributed by atoms with E-state index in [2.05, 4.69) is 26.2 Å². The van der Waals surface area contributed by atoms with Gasteiger partial charge in [0.05, 0.1) is 4.92 Å². The number of halogens is 1. The molecule has 0 spiro atoms. The first kappa shape index (κ1) is 13.5. The fourth-order valence-corrected chi connectivity index (χ4v) is 2.10. The van der Waals surface area contributed by atoms with Crippen LogP contribution >= 0.6 is 15.9 Å². The van der Waals surface area contributed by atoms with Crippen molar-refractivity contribution in [3.05, 3.63) is 51.0 Å². The maximum Gasteiger partial charge on any atom is 0.293 e. The molecule has 0 atom stereocenters. The number of hydrogen-bond donors (Lipinski definition) is 1. The maximum absolute atomic E-state index is 10.9. The lowest BCUT2D eigenvalue weighted by Gasteiger charge is -2.07. The van der Waals surface area contributed by atoms with Crippen molar-refractivity contribution in [3.63, 3.8) is 0 Å². The summed E-state index contributed by atoms with van der Waals surface area (Å²) in [6, 6.07) is 4.96. The lowest BCUT2D eigenvalue weighted by Crippen LogP contribution is -2.09. The number of rotatable bonds is 5. The smallest absolute Gasteiger partial charge is 0.293 e. The van der Waals surface area contributed by atoms with Crippen molar-refractivity contribution in [1.29, 1.82) is 0 Å². The molecule has 1 aromatic heterocycles. The van der Waals surface area contributed by atoms with Gasteiger partial charge in [0, 0.05) is 42.9 Å². The summed E-state index contributed by atoms with van der Waals surface area (Å²) in [7, 11) is 1.92. The molecule has 0 amide bonds. The summed E-state index contributed by atoms with van der Waals surface area (Å²) in [5.41, 5.74) is 0.580. The summed E-state index contributed by atoms with van der Waals surface area (Å²) < 4.78 is 2.62. The summed E-state index contributed by atoms with van der Waals surface area (Å²) >= 11 is 3.23. The fourth-order valence-electron chi connectivity index (χ4n) is 1.75. The number of imidazole rings is 1. The molecular formula is C12H13BrN4O2. The monoisotopic (exact) mass is 324 g/mol. The van der Waals surface area contributed by atoms with Gasteiger partial charge in [-0.15, -0.1) is 0 Å². The zero-order chi connectivity index (χ0) is 13.8. The largest absolute Gasteiger partial charge is 0.379 e. The Bertz CT molecular complexity index is 597. The molecule has 0 saturated heterocycles. The number of nitrogens with one attached hydrogen (secondary N) is 1. The Kier molecular flexibility index (Phi) is 4.16. The van der Waals surface area contributed by atoms with Crippen molar-refractivity contribution in [2.75, 3.05) is 11.9 Å². The molecule has 100 valence electrons. The van der Waals surface area contributed by atoms with Crippen LogP contribution in [0.3, 0.4) is 0 Å². The SMILES string of the molecule is Cn1ccnc1CCNc1ccc(Br)cc1[N+](=O)[O-]. The minimum Gasteiger partial charge on any atom is -0.379 e. The highest BCUT2D eigenvalue weighted by atomic mass is 79.9. The Morgan fingerprint density at radius 3 is 2.95 bits per heavy atom. The second-order valence-corrected chi connectivity index (χ2v) is 4.97. The normalized spacial score (nSPS) is 10.4. The number of nitro groups is 1. The Hall–Kier alpha value is -1.89. The van der Waals surface area contributed by atoms with E-state index in [1.807, 2.05) is 17.8 Å². The number of benzene rings is 1. The van der Waals surface area contributed by atoms with Gasteiger partial charge in [-0.3, -0.25) is 10.1 Å². The Balaban J connectivity index is 2.03. The maximum atomic E-state index is 10.9. The van der Waals surface area contributed by atoms with E-state index >= 15 is 0 Å². The van der Waals surface area contributed by atoms with Crippen LogP contribution in [-0.4, -0.2) is 21.0 Å². The van der Waals surface area contributed by atoms with Gasteiger partial charge >= 0.3 is 0 Å². The summed E-state index contributed by atoms with van der Waals surface area (Å²) in [5, 5.41) is 14.0. The number of aryl methyl sites for hydroxylation is 1. The first-order valence-electron chi connectivity index (χ1n) is 5.72. The molecule has 0 aliphatic heterocycles. The second-order valence-electron chi connectivity index (χ2n) is 4.05. The molecule has 19 heavy (non-hydrogen) atoms. The van der Waals surface area contributed by atoms with Gasteiger partial charge in [0.1, 0.15) is 11.5 Å². The first-order chi connectivity index (χ1) is 9.08.